The summed E-state index contributed by atoms with van der Waals surface area (Å²) in [6.45, 7) is 7.14. The van der Waals surface area contributed by atoms with Gasteiger partial charge in [0.05, 0.1) is 35.2 Å². The predicted octanol–water partition coefficient (Wildman–Crippen LogP) is 3.14. The summed E-state index contributed by atoms with van der Waals surface area (Å²) in [6.07, 6.45) is 0. The summed E-state index contributed by atoms with van der Waals surface area (Å²) in [5.74, 6) is -0.509. The molecule has 0 atom stereocenters. The lowest BCUT2D eigenvalue weighted by Gasteiger charge is -2.29. The molecule has 2 aliphatic rings. The first-order valence-corrected chi connectivity index (χ1v) is 13.8. The lowest BCUT2D eigenvalue weighted by Crippen LogP contribution is -2.41. The highest BCUT2D eigenvalue weighted by Gasteiger charge is 2.37. The molecule has 3 aromatic rings. The Balaban J connectivity index is 1.65. The zero-order valence-electron chi connectivity index (χ0n) is 21.2. The summed E-state index contributed by atoms with van der Waals surface area (Å²) in [5, 5.41) is 4.75. The number of carbonyl (C=O) groups is 1. The van der Waals surface area contributed by atoms with E-state index in [0.29, 0.717) is 43.1 Å². The van der Waals surface area contributed by atoms with Gasteiger partial charge in [-0.3, -0.25) is 4.79 Å². The molecule has 9 heteroatoms. The van der Waals surface area contributed by atoms with Crippen LogP contribution in [0.2, 0.25) is 0 Å². The first-order chi connectivity index (χ1) is 17.1. The van der Waals surface area contributed by atoms with Crippen LogP contribution in [0.15, 0.2) is 53.4 Å². The number of benzene rings is 2. The molecule has 3 heterocycles. The van der Waals surface area contributed by atoms with Gasteiger partial charge in [0.1, 0.15) is 0 Å². The third-order valence-electron chi connectivity index (χ3n) is 6.90. The third kappa shape index (κ3) is 4.36. The number of amides is 1. The first-order valence-electron chi connectivity index (χ1n) is 12.2. The second-order valence-electron chi connectivity index (χ2n) is 10.4. The van der Waals surface area contributed by atoms with Crippen LogP contribution < -0.4 is 0 Å². The van der Waals surface area contributed by atoms with E-state index in [1.807, 2.05) is 18.2 Å². The Labute approximate surface area is 212 Å². The SMILES string of the molecule is CN(C)CC(C)(C)c1ccc(-n2nc(C(=O)N3CCOCC3)c3c2-c2ccccc2S(=O)(=O)C3)cc1. The van der Waals surface area contributed by atoms with Crippen molar-refractivity contribution in [2.75, 3.05) is 46.9 Å². The molecule has 1 saturated heterocycles. The topological polar surface area (TPSA) is 84.7 Å². The highest BCUT2D eigenvalue weighted by molar-refractivity contribution is 7.90. The second kappa shape index (κ2) is 9.14. The molecule has 190 valence electrons. The van der Waals surface area contributed by atoms with E-state index in [0.717, 1.165) is 12.2 Å². The van der Waals surface area contributed by atoms with Crippen molar-refractivity contribution in [3.05, 3.63) is 65.4 Å². The van der Waals surface area contributed by atoms with Crippen LogP contribution >= 0.6 is 0 Å². The molecule has 2 aromatic carbocycles. The van der Waals surface area contributed by atoms with E-state index in [1.54, 1.807) is 27.8 Å². The van der Waals surface area contributed by atoms with Crippen LogP contribution in [0.25, 0.3) is 16.9 Å². The van der Waals surface area contributed by atoms with Gasteiger partial charge in [-0.05, 0) is 37.9 Å². The minimum atomic E-state index is -3.60. The van der Waals surface area contributed by atoms with E-state index < -0.39 is 9.84 Å². The molecule has 0 saturated carbocycles. The molecular formula is C27H32N4O4S. The van der Waals surface area contributed by atoms with Crippen molar-refractivity contribution < 1.29 is 17.9 Å². The molecule has 8 nitrogen and oxygen atoms in total. The molecule has 0 unspecified atom stereocenters. The highest BCUT2D eigenvalue weighted by atomic mass is 32.2. The minimum Gasteiger partial charge on any atom is -0.378 e. The average molecular weight is 509 g/mol. The van der Waals surface area contributed by atoms with E-state index in [-0.39, 0.29) is 27.7 Å². The van der Waals surface area contributed by atoms with Gasteiger partial charge < -0.3 is 14.5 Å². The number of nitrogens with zero attached hydrogens (tertiary/aromatic N) is 4. The summed E-state index contributed by atoms with van der Waals surface area (Å²) in [7, 11) is 0.518. The molecule has 1 fully saturated rings. The minimum absolute atomic E-state index is 0.0519. The van der Waals surface area contributed by atoms with Gasteiger partial charge in [-0.15, -0.1) is 0 Å². The maximum Gasteiger partial charge on any atom is 0.274 e. The van der Waals surface area contributed by atoms with Gasteiger partial charge in [0.2, 0.25) is 0 Å². The Kier molecular flexibility index (Phi) is 6.26. The Morgan fingerprint density at radius 1 is 1.06 bits per heavy atom. The van der Waals surface area contributed by atoms with Crippen LogP contribution in [0.5, 0.6) is 0 Å². The highest BCUT2D eigenvalue weighted by Crippen LogP contribution is 2.41. The van der Waals surface area contributed by atoms with Gasteiger partial charge in [-0.25, -0.2) is 13.1 Å². The second-order valence-corrected chi connectivity index (χ2v) is 12.4. The quantitative estimate of drug-likeness (QED) is 0.527. The number of sulfone groups is 1. The number of rotatable bonds is 5. The van der Waals surface area contributed by atoms with Crippen molar-refractivity contribution in [2.45, 2.75) is 29.9 Å². The molecule has 0 bridgehead atoms. The Hall–Kier alpha value is -3.01. The largest absolute Gasteiger partial charge is 0.378 e. The van der Waals surface area contributed by atoms with Crippen molar-refractivity contribution in [1.82, 2.24) is 19.6 Å². The van der Waals surface area contributed by atoms with E-state index >= 15 is 0 Å². The number of likely N-dealkylation sites (N-methyl/N-ethyl adjacent to an activating group) is 1. The van der Waals surface area contributed by atoms with Gasteiger partial charge in [0.25, 0.3) is 5.91 Å². The van der Waals surface area contributed by atoms with E-state index in [9.17, 15) is 13.2 Å². The summed E-state index contributed by atoms with van der Waals surface area (Å²) < 4.78 is 33.5. The molecule has 2 aliphatic heterocycles. The Bertz CT molecular complexity index is 1400. The fourth-order valence-corrected chi connectivity index (χ4v) is 6.87. The molecule has 1 amide bonds. The van der Waals surface area contributed by atoms with Crippen molar-refractivity contribution in [3.8, 4) is 16.9 Å². The van der Waals surface area contributed by atoms with Crippen LogP contribution in [0.4, 0.5) is 0 Å². The summed E-state index contributed by atoms with van der Waals surface area (Å²) in [5.41, 5.74) is 3.81. The summed E-state index contributed by atoms with van der Waals surface area (Å²) in [4.78, 5) is 17.7. The molecule has 0 aliphatic carbocycles. The van der Waals surface area contributed by atoms with Crippen LogP contribution in [0.1, 0.15) is 35.5 Å². The molecule has 5 rings (SSSR count). The smallest absolute Gasteiger partial charge is 0.274 e. The number of fused-ring (bicyclic) bond motifs is 3. The maximum atomic E-state index is 13.5. The van der Waals surface area contributed by atoms with Gasteiger partial charge in [0, 0.05) is 36.2 Å². The van der Waals surface area contributed by atoms with Crippen molar-refractivity contribution in [1.29, 1.82) is 0 Å². The van der Waals surface area contributed by atoms with Gasteiger partial charge in [-0.1, -0.05) is 44.2 Å². The lowest BCUT2D eigenvalue weighted by molar-refractivity contribution is 0.0298. The molecular weight excluding hydrogens is 476 g/mol. The van der Waals surface area contributed by atoms with Gasteiger partial charge in [-0.2, -0.15) is 5.10 Å². The van der Waals surface area contributed by atoms with Crippen LogP contribution in [0.3, 0.4) is 0 Å². The zero-order valence-corrected chi connectivity index (χ0v) is 22.0. The number of hydrogen-bond donors (Lipinski definition) is 0. The maximum absolute atomic E-state index is 13.5. The zero-order chi connectivity index (χ0) is 25.7. The average Bonchev–Trinajstić information content (AvgIpc) is 3.22. The standard InChI is InChI=1S/C27H32N4O4S/c1-27(2,18-29(3)4)19-9-11-20(12-10-19)31-25-21-7-5-6-8-23(21)36(33,34)17-22(25)24(28-31)26(32)30-13-15-35-16-14-30/h5-12H,13-18H2,1-4H3. The fourth-order valence-electron chi connectivity index (χ4n) is 5.28. The monoisotopic (exact) mass is 508 g/mol. The Morgan fingerprint density at radius 3 is 2.39 bits per heavy atom. The third-order valence-corrected chi connectivity index (χ3v) is 8.60. The van der Waals surface area contributed by atoms with E-state index in [4.69, 9.17) is 9.84 Å². The van der Waals surface area contributed by atoms with E-state index in [1.165, 1.54) is 5.56 Å². The number of carbonyl (C=O) groups excluding carboxylic acids is 1. The molecule has 0 spiro atoms. The first kappa shape index (κ1) is 24.7. The van der Waals surface area contributed by atoms with Gasteiger partial charge in [0.15, 0.2) is 15.5 Å². The molecule has 36 heavy (non-hydrogen) atoms. The van der Waals surface area contributed by atoms with Crippen molar-refractivity contribution in [2.24, 2.45) is 0 Å². The fraction of sp³-hybridized carbons (Fsp3) is 0.407. The number of hydrogen-bond acceptors (Lipinski definition) is 6. The van der Waals surface area contributed by atoms with E-state index in [2.05, 4.69) is 45.0 Å². The number of morpholine rings is 1. The molecule has 0 N–H and O–H groups in total. The summed E-state index contributed by atoms with van der Waals surface area (Å²) >= 11 is 0. The van der Waals surface area contributed by atoms with Crippen molar-refractivity contribution in [3.63, 3.8) is 0 Å². The summed E-state index contributed by atoms with van der Waals surface area (Å²) in [6, 6.07) is 15.1. The van der Waals surface area contributed by atoms with Crippen LogP contribution in [-0.4, -0.2) is 80.8 Å². The van der Waals surface area contributed by atoms with Crippen LogP contribution in [-0.2, 0) is 25.7 Å². The number of aromatic nitrogens is 2. The Morgan fingerprint density at radius 2 is 1.72 bits per heavy atom. The molecule has 1 aromatic heterocycles. The number of ether oxygens (including phenoxy) is 1. The van der Waals surface area contributed by atoms with Crippen molar-refractivity contribution >= 4 is 15.7 Å². The normalized spacial score (nSPS) is 17.1. The van der Waals surface area contributed by atoms with Crippen LogP contribution in [0, 0.1) is 0 Å². The molecule has 0 radical (unpaired) electrons. The predicted molar refractivity (Wildman–Crippen MR) is 138 cm³/mol. The lowest BCUT2D eigenvalue weighted by atomic mass is 9.84. The van der Waals surface area contributed by atoms with Gasteiger partial charge >= 0.3 is 0 Å².